The van der Waals surface area contributed by atoms with Gasteiger partial charge in [-0.2, -0.15) is 0 Å². The lowest BCUT2D eigenvalue weighted by molar-refractivity contribution is 0.318. The molecule has 1 unspecified atom stereocenters. The second-order valence-electron chi connectivity index (χ2n) is 4.32. The normalized spacial score (nSPS) is 12.3. The molecule has 0 heterocycles. The summed E-state index contributed by atoms with van der Waals surface area (Å²) in [5.41, 5.74) is 1.19. The van der Waals surface area contributed by atoms with E-state index in [1.807, 2.05) is 19.2 Å². The molecule has 4 heteroatoms. The van der Waals surface area contributed by atoms with Crippen molar-refractivity contribution < 1.29 is 4.39 Å². The van der Waals surface area contributed by atoms with Crippen molar-refractivity contribution in [3.63, 3.8) is 0 Å². The van der Waals surface area contributed by atoms with Gasteiger partial charge in [0.2, 0.25) is 0 Å². The summed E-state index contributed by atoms with van der Waals surface area (Å²) in [6.45, 7) is 5.19. The zero-order valence-electron chi connectivity index (χ0n) is 10.7. The average molecular weight is 261 g/mol. The molecule has 1 aromatic carbocycles. The smallest absolute Gasteiger partial charge is 0.123 e. The Morgan fingerprint density at radius 3 is 2.41 bits per heavy atom. The summed E-state index contributed by atoms with van der Waals surface area (Å²) < 4.78 is 12.8. The Morgan fingerprint density at radius 1 is 1.29 bits per heavy atom. The highest BCUT2D eigenvalue weighted by Gasteiger charge is 2.08. The van der Waals surface area contributed by atoms with E-state index >= 15 is 0 Å². The fourth-order valence-electron chi connectivity index (χ4n) is 1.76. The summed E-state index contributed by atoms with van der Waals surface area (Å²) in [6.07, 6.45) is 0. The van der Waals surface area contributed by atoms with E-state index in [9.17, 15) is 4.39 Å². The first-order valence-electron chi connectivity index (χ1n) is 5.72. The minimum atomic E-state index is -0.167. The molecule has 1 atom stereocenters. The van der Waals surface area contributed by atoms with Crippen LogP contribution in [0.25, 0.3) is 0 Å². The predicted octanol–water partition coefficient (Wildman–Crippen LogP) is 2.50. The highest BCUT2D eigenvalue weighted by molar-refractivity contribution is 5.85. The summed E-state index contributed by atoms with van der Waals surface area (Å²) >= 11 is 0. The third-order valence-electron chi connectivity index (χ3n) is 2.77. The molecule has 0 saturated heterocycles. The Kier molecular flexibility index (Phi) is 8.13. The minimum Gasteiger partial charge on any atom is -0.318 e. The SMILES string of the molecule is CNCCN(C)CC(C)c1ccc(F)cc1.Cl. The lowest BCUT2D eigenvalue weighted by Gasteiger charge is -2.21. The van der Waals surface area contributed by atoms with Gasteiger partial charge >= 0.3 is 0 Å². The van der Waals surface area contributed by atoms with Gasteiger partial charge < -0.3 is 10.2 Å². The van der Waals surface area contributed by atoms with E-state index in [1.54, 1.807) is 0 Å². The fraction of sp³-hybridized carbons (Fsp3) is 0.538. The van der Waals surface area contributed by atoms with Gasteiger partial charge in [0.15, 0.2) is 0 Å². The summed E-state index contributed by atoms with van der Waals surface area (Å²) in [5, 5.41) is 3.13. The summed E-state index contributed by atoms with van der Waals surface area (Å²) in [5.74, 6) is 0.266. The van der Waals surface area contributed by atoms with Crippen molar-refractivity contribution in [2.45, 2.75) is 12.8 Å². The first-order valence-corrected chi connectivity index (χ1v) is 5.72. The number of hydrogen-bond acceptors (Lipinski definition) is 2. The number of nitrogens with one attached hydrogen (secondary N) is 1. The molecule has 0 fully saturated rings. The Bertz CT molecular complexity index is 303. The Balaban J connectivity index is 0.00000256. The second kappa shape index (κ2) is 8.45. The predicted molar refractivity (Wildman–Crippen MR) is 73.5 cm³/mol. The van der Waals surface area contributed by atoms with Gasteiger partial charge in [-0.1, -0.05) is 19.1 Å². The maximum Gasteiger partial charge on any atom is 0.123 e. The molecule has 98 valence electrons. The quantitative estimate of drug-likeness (QED) is 0.846. The van der Waals surface area contributed by atoms with Crippen molar-refractivity contribution >= 4 is 12.4 Å². The summed E-state index contributed by atoms with van der Waals surface area (Å²) in [4.78, 5) is 2.28. The molecule has 1 aromatic rings. The highest BCUT2D eigenvalue weighted by atomic mass is 35.5. The Labute approximate surface area is 110 Å². The van der Waals surface area contributed by atoms with Crippen LogP contribution < -0.4 is 5.32 Å². The average Bonchev–Trinajstić information content (AvgIpc) is 2.27. The Morgan fingerprint density at radius 2 is 1.88 bits per heavy atom. The van der Waals surface area contributed by atoms with E-state index in [1.165, 1.54) is 17.7 Å². The molecule has 17 heavy (non-hydrogen) atoms. The lowest BCUT2D eigenvalue weighted by Crippen LogP contribution is -2.30. The van der Waals surface area contributed by atoms with Crippen LogP contribution in [0.2, 0.25) is 0 Å². The van der Waals surface area contributed by atoms with E-state index in [4.69, 9.17) is 0 Å². The van der Waals surface area contributed by atoms with Crippen molar-refractivity contribution in [2.24, 2.45) is 0 Å². The van der Waals surface area contributed by atoms with E-state index < -0.39 is 0 Å². The monoisotopic (exact) mass is 260 g/mol. The number of rotatable bonds is 6. The summed E-state index contributed by atoms with van der Waals surface area (Å²) in [6, 6.07) is 6.79. The molecule has 0 radical (unpaired) electrons. The molecule has 0 aliphatic rings. The molecule has 1 rings (SSSR count). The second-order valence-corrected chi connectivity index (χ2v) is 4.32. The van der Waals surface area contributed by atoms with Crippen LogP contribution in [-0.4, -0.2) is 38.6 Å². The zero-order chi connectivity index (χ0) is 12.0. The van der Waals surface area contributed by atoms with Crippen LogP contribution in [0, 0.1) is 5.82 Å². The molecular formula is C13H22ClFN2. The van der Waals surface area contributed by atoms with Crippen LogP contribution >= 0.6 is 12.4 Å². The molecule has 2 nitrogen and oxygen atoms in total. The largest absolute Gasteiger partial charge is 0.318 e. The van der Waals surface area contributed by atoms with Crippen LogP contribution in [-0.2, 0) is 0 Å². The van der Waals surface area contributed by atoms with Crippen LogP contribution in [0.5, 0.6) is 0 Å². The van der Waals surface area contributed by atoms with Crippen molar-refractivity contribution in [3.8, 4) is 0 Å². The molecule has 1 N–H and O–H groups in total. The van der Waals surface area contributed by atoms with Crippen molar-refractivity contribution in [1.29, 1.82) is 0 Å². The molecule has 0 aliphatic carbocycles. The maximum atomic E-state index is 12.8. The van der Waals surface area contributed by atoms with Gasteiger partial charge in [0.1, 0.15) is 5.82 Å². The Hall–Kier alpha value is -0.640. The van der Waals surface area contributed by atoms with Gasteiger partial charge in [-0.15, -0.1) is 12.4 Å². The number of likely N-dealkylation sites (N-methyl/N-ethyl adjacent to an activating group) is 2. The number of halogens is 2. The summed E-state index contributed by atoms with van der Waals surface area (Å²) in [7, 11) is 4.06. The molecule has 0 aliphatic heterocycles. The van der Waals surface area contributed by atoms with Crippen LogP contribution in [0.1, 0.15) is 18.4 Å². The van der Waals surface area contributed by atoms with Gasteiger partial charge in [0.25, 0.3) is 0 Å². The van der Waals surface area contributed by atoms with E-state index in [0.29, 0.717) is 5.92 Å². The van der Waals surface area contributed by atoms with E-state index in [0.717, 1.165) is 19.6 Å². The van der Waals surface area contributed by atoms with Crippen molar-refractivity contribution in [1.82, 2.24) is 10.2 Å². The zero-order valence-corrected chi connectivity index (χ0v) is 11.6. The third kappa shape index (κ3) is 6.01. The molecular weight excluding hydrogens is 239 g/mol. The van der Waals surface area contributed by atoms with Crippen LogP contribution in [0.15, 0.2) is 24.3 Å². The minimum absolute atomic E-state index is 0. The van der Waals surface area contributed by atoms with Gasteiger partial charge in [0.05, 0.1) is 0 Å². The van der Waals surface area contributed by atoms with E-state index in [2.05, 4.69) is 24.2 Å². The topological polar surface area (TPSA) is 15.3 Å². The van der Waals surface area contributed by atoms with Crippen LogP contribution in [0.3, 0.4) is 0 Å². The first kappa shape index (κ1) is 16.4. The molecule has 0 saturated carbocycles. The number of nitrogens with zero attached hydrogens (tertiary/aromatic N) is 1. The lowest BCUT2D eigenvalue weighted by atomic mass is 10.0. The molecule has 0 bridgehead atoms. The first-order chi connectivity index (χ1) is 7.63. The standard InChI is InChI=1S/C13H21FN2.ClH/c1-11(10-16(3)9-8-15-2)12-4-6-13(14)7-5-12;/h4-7,11,15H,8-10H2,1-3H3;1H. The maximum absolute atomic E-state index is 12.8. The molecule has 0 aromatic heterocycles. The highest BCUT2D eigenvalue weighted by Crippen LogP contribution is 2.16. The number of benzene rings is 1. The van der Waals surface area contributed by atoms with Gasteiger partial charge in [-0.25, -0.2) is 4.39 Å². The van der Waals surface area contributed by atoms with E-state index in [-0.39, 0.29) is 18.2 Å². The fourth-order valence-corrected chi connectivity index (χ4v) is 1.76. The van der Waals surface area contributed by atoms with Crippen molar-refractivity contribution in [3.05, 3.63) is 35.6 Å². The van der Waals surface area contributed by atoms with Gasteiger partial charge in [-0.3, -0.25) is 0 Å². The molecule has 0 spiro atoms. The molecule has 0 amide bonds. The third-order valence-corrected chi connectivity index (χ3v) is 2.77. The van der Waals surface area contributed by atoms with Gasteiger partial charge in [-0.05, 0) is 37.7 Å². The number of hydrogen-bond donors (Lipinski definition) is 1. The van der Waals surface area contributed by atoms with Crippen LogP contribution in [0.4, 0.5) is 4.39 Å². The van der Waals surface area contributed by atoms with Crippen molar-refractivity contribution in [2.75, 3.05) is 33.7 Å². The van der Waals surface area contributed by atoms with Gasteiger partial charge in [0, 0.05) is 19.6 Å².